The van der Waals surface area contributed by atoms with Crippen LogP contribution < -0.4 is 5.32 Å². The van der Waals surface area contributed by atoms with Crippen molar-refractivity contribution in [3.63, 3.8) is 0 Å². The van der Waals surface area contributed by atoms with Crippen LogP contribution in [0.4, 0.5) is 5.69 Å². The normalized spacial score (nSPS) is 15.3. The minimum absolute atomic E-state index is 0.112. The SMILES string of the molecule is CN1CCN(CC(=O)c2ccc(NC(=O)c3cccc4ccccc34)cc2)CC1. The summed E-state index contributed by atoms with van der Waals surface area (Å²) in [5, 5.41) is 4.89. The Morgan fingerprint density at radius 3 is 2.31 bits per heavy atom. The molecule has 0 unspecified atom stereocenters. The predicted molar refractivity (Wildman–Crippen MR) is 117 cm³/mol. The minimum Gasteiger partial charge on any atom is -0.322 e. The smallest absolute Gasteiger partial charge is 0.256 e. The van der Waals surface area contributed by atoms with Gasteiger partial charge in [0.1, 0.15) is 0 Å². The quantitative estimate of drug-likeness (QED) is 0.681. The molecule has 3 aromatic rings. The van der Waals surface area contributed by atoms with E-state index in [1.54, 1.807) is 24.3 Å². The van der Waals surface area contributed by atoms with Gasteiger partial charge in [0.2, 0.25) is 0 Å². The van der Waals surface area contributed by atoms with Crippen LogP contribution in [-0.2, 0) is 0 Å². The maximum Gasteiger partial charge on any atom is 0.256 e. The molecule has 29 heavy (non-hydrogen) atoms. The number of carbonyl (C=O) groups is 2. The molecular formula is C24H25N3O2. The number of rotatable bonds is 5. The summed E-state index contributed by atoms with van der Waals surface area (Å²) in [6, 6.07) is 20.7. The van der Waals surface area contributed by atoms with Gasteiger partial charge in [-0.2, -0.15) is 0 Å². The first kappa shape index (κ1) is 19.3. The number of likely N-dealkylation sites (N-methyl/N-ethyl adjacent to an activating group) is 1. The molecule has 0 aliphatic carbocycles. The van der Waals surface area contributed by atoms with Gasteiger partial charge in [-0.15, -0.1) is 0 Å². The first-order valence-corrected chi connectivity index (χ1v) is 9.93. The monoisotopic (exact) mass is 387 g/mol. The van der Waals surface area contributed by atoms with Crippen molar-refractivity contribution in [2.24, 2.45) is 0 Å². The highest BCUT2D eigenvalue weighted by Gasteiger charge is 2.17. The van der Waals surface area contributed by atoms with Crippen LogP contribution in [0.2, 0.25) is 0 Å². The Bertz CT molecular complexity index is 1020. The molecule has 1 saturated heterocycles. The molecule has 0 radical (unpaired) electrons. The summed E-state index contributed by atoms with van der Waals surface area (Å²) >= 11 is 0. The highest BCUT2D eigenvalue weighted by atomic mass is 16.1. The lowest BCUT2D eigenvalue weighted by molar-refractivity contribution is 0.0876. The number of ketones is 1. The molecule has 0 bridgehead atoms. The number of fused-ring (bicyclic) bond motifs is 1. The Balaban J connectivity index is 1.41. The topological polar surface area (TPSA) is 52.6 Å². The molecule has 1 fully saturated rings. The van der Waals surface area contributed by atoms with E-state index in [0.717, 1.165) is 37.0 Å². The molecule has 0 spiro atoms. The third-order valence-corrected chi connectivity index (χ3v) is 5.46. The standard InChI is InChI=1S/C24H25N3O2/c1-26-13-15-27(16-14-26)17-23(28)19-9-11-20(12-10-19)25-24(29)22-8-4-6-18-5-2-3-7-21(18)22/h2-12H,13-17H2,1H3,(H,25,29). The Morgan fingerprint density at radius 2 is 1.55 bits per heavy atom. The van der Waals surface area contributed by atoms with Gasteiger partial charge in [0, 0.05) is 43.0 Å². The van der Waals surface area contributed by atoms with Crippen molar-refractivity contribution in [3.8, 4) is 0 Å². The van der Waals surface area contributed by atoms with E-state index in [0.29, 0.717) is 23.4 Å². The first-order chi connectivity index (χ1) is 14.1. The molecule has 0 saturated carbocycles. The molecule has 5 nitrogen and oxygen atoms in total. The highest BCUT2D eigenvalue weighted by Crippen LogP contribution is 2.20. The molecule has 3 aromatic carbocycles. The van der Waals surface area contributed by atoms with Crippen LogP contribution in [0.5, 0.6) is 0 Å². The zero-order chi connectivity index (χ0) is 20.2. The Kier molecular flexibility index (Phi) is 5.69. The fraction of sp³-hybridized carbons (Fsp3) is 0.250. The summed E-state index contributed by atoms with van der Waals surface area (Å²) < 4.78 is 0. The van der Waals surface area contributed by atoms with E-state index < -0.39 is 0 Å². The largest absolute Gasteiger partial charge is 0.322 e. The van der Waals surface area contributed by atoms with Gasteiger partial charge < -0.3 is 10.2 Å². The molecule has 5 heteroatoms. The summed E-state index contributed by atoms with van der Waals surface area (Å²) in [5.74, 6) is -0.0419. The third kappa shape index (κ3) is 4.53. The van der Waals surface area contributed by atoms with Crippen LogP contribution >= 0.6 is 0 Å². The van der Waals surface area contributed by atoms with Crippen molar-refractivity contribution < 1.29 is 9.59 Å². The lowest BCUT2D eigenvalue weighted by atomic mass is 10.0. The maximum absolute atomic E-state index is 12.7. The molecule has 0 atom stereocenters. The molecule has 1 N–H and O–H groups in total. The van der Waals surface area contributed by atoms with E-state index in [4.69, 9.17) is 0 Å². The second-order valence-corrected chi connectivity index (χ2v) is 7.56. The lowest BCUT2D eigenvalue weighted by Gasteiger charge is -2.31. The summed E-state index contributed by atoms with van der Waals surface area (Å²) in [6.07, 6.45) is 0. The van der Waals surface area contributed by atoms with Gasteiger partial charge in [0.05, 0.1) is 6.54 Å². The second kappa shape index (κ2) is 8.55. The zero-order valence-electron chi connectivity index (χ0n) is 16.6. The molecule has 148 valence electrons. The number of amides is 1. The van der Waals surface area contributed by atoms with E-state index in [1.807, 2.05) is 42.5 Å². The number of hydrogen-bond donors (Lipinski definition) is 1. The number of carbonyl (C=O) groups excluding carboxylic acids is 2. The molecule has 0 aromatic heterocycles. The van der Waals surface area contributed by atoms with E-state index in [-0.39, 0.29) is 11.7 Å². The summed E-state index contributed by atoms with van der Waals surface area (Å²) in [7, 11) is 2.10. The van der Waals surface area contributed by atoms with Gasteiger partial charge in [-0.1, -0.05) is 36.4 Å². The molecule has 4 rings (SSSR count). The lowest BCUT2D eigenvalue weighted by Crippen LogP contribution is -2.46. The Hall–Kier alpha value is -3.02. The average Bonchev–Trinajstić information content (AvgIpc) is 2.75. The van der Waals surface area contributed by atoms with Gasteiger partial charge >= 0.3 is 0 Å². The Labute approximate surface area is 170 Å². The zero-order valence-corrected chi connectivity index (χ0v) is 16.6. The molecule has 1 aliphatic rings. The summed E-state index contributed by atoms with van der Waals surface area (Å²) in [5.41, 5.74) is 1.99. The second-order valence-electron chi connectivity index (χ2n) is 7.56. The van der Waals surface area contributed by atoms with Crippen molar-refractivity contribution in [1.29, 1.82) is 0 Å². The van der Waals surface area contributed by atoms with Gasteiger partial charge in [-0.25, -0.2) is 0 Å². The van der Waals surface area contributed by atoms with Crippen molar-refractivity contribution >= 4 is 28.2 Å². The maximum atomic E-state index is 12.7. The molecule has 1 heterocycles. The van der Waals surface area contributed by atoms with Gasteiger partial charge in [0.15, 0.2) is 5.78 Å². The third-order valence-electron chi connectivity index (χ3n) is 5.46. The predicted octanol–water partition coefficient (Wildman–Crippen LogP) is 3.52. The van der Waals surface area contributed by atoms with Crippen molar-refractivity contribution in [3.05, 3.63) is 77.9 Å². The van der Waals surface area contributed by atoms with Gasteiger partial charge in [-0.05, 0) is 48.2 Å². The average molecular weight is 387 g/mol. The molecule has 1 aliphatic heterocycles. The number of hydrogen-bond acceptors (Lipinski definition) is 4. The number of Topliss-reactive ketones (excluding diaryl/α,β-unsaturated/α-hetero) is 1. The first-order valence-electron chi connectivity index (χ1n) is 9.93. The van der Waals surface area contributed by atoms with Crippen LogP contribution in [0.3, 0.4) is 0 Å². The van der Waals surface area contributed by atoms with Crippen molar-refractivity contribution in [2.75, 3.05) is 45.1 Å². The fourth-order valence-electron chi connectivity index (χ4n) is 3.66. The highest BCUT2D eigenvalue weighted by molar-refractivity contribution is 6.13. The van der Waals surface area contributed by atoms with Gasteiger partial charge in [0.25, 0.3) is 5.91 Å². The number of benzene rings is 3. The number of piperazine rings is 1. The van der Waals surface area contributed by atoms with Gasteiger partial charge in [-0.3, -0.25) is 14.5 Å². The number of anilines is 1. The summed E-state index contributed by atoms with van der Waals surface area (Å²) in [6.45, 7) is 4.26. The molecular weight excluding hydrogens is 362 g/mol. The van der Waals surface area contributed by atoms with Crippen LogP contribution in [0.15, 0.2) is 66.7 Å². The fourth-order valence-corrected chi connectivity index (χ4v) is 3.66. The number of nitrogens with one attached hydrogen (secondary N) is 1. The van der Waals surface area contributed by atoms with E-state index in [9.17, 15) is 9.59 Å². The van der Waals surface area contributed by atoms with E-state index in [1.165, 1.54) is 0 Å². The van der Waals surface area contributed by atoms with E-state index >= 15 is 0 Å². The van der Waals surface area contributed by atoms with E-state index in [2.05, 4.69) is 22.2 Å². The van der Waals surface area contributed by atoms with Crippen LogP contribution in [0, 0.1) is 0 Å². The van der Waals surface area contributed by atoms with Crippen LogP contribution in [0.25, 0.3) is 10.8 Å². The van der Waals surface area contributed by atoms with Crippen LogP contribution in [-0.4, -0.2) is 61.3 Å². The minimum atomic E-state index is -0.154. The van der Waals surface area contributed by atoms with Crippen LogP contribution in [0.1, 0.15) is 20.7 Å². The molecule has 1 amide bonds. The Morgan fingerprint density at radius 1 is 0.862 bits per heavy atom. The number of nitrogens with zero attached hydrogens (tertiary/aromatic N) is 2. The van der Waals surface area contributed by atoms with Crippen molar-refractivity contribution in [1.82, 2.24) is 9.80 Å². The summed E-state index contributed by atoms with van der Waals surface area (Å²) in [4.78, 5) is 29.8. The van der Waals surface area contributed by atoms with Crippen molar-refractivity contribution in [2.45, 2.75) is 0 Å².